The van der Waals surface area contributed by atoms with E-state index in [4.69, 9.17) is 0 Å². The molecule has 146 valence electrons. The van der Waals surface area contributed by atoms with E-state index in [-0.39, 0.29) is 12.4 Å². The van der Waals surface area contributed by atoms with Gasteiger partial charge < -0.3 is 4.57 Å². The van der Waals surface area contributed by atoms with E-state index in [1.165, 1.54) is 24.1 Å². The molecular formula is C22H23FN2O2S. The molecule has 0 saturated heterocycles. The lowest BCUT2D eigenvalue weighted by Crippen LogP contribution is -2.25. The topological polar surface area (TPSA) is 51.1 Å². The molecule has 1 heterocycles. The first-order valence-electron chi connectivity index (χ1n) is 9.51. The van der Waals surface area contributed by atoms with Crippen LogP contribution in [0.5, 0.6) is 0 Å². The summed E-state index contributed by atoms with van der Waals surface area (Å²) in [5, 5.41) is 0. The number of hydrogen-bond donors (Lipinski definition) is 1. The summed E-state index contributed by atoms with van der Waals surface area (Å²) in [4.78, 5) is 0.316. The molecular weight excluding hydrogens is 375 g/mol. The van der Waals surface area contributed by atoms with Crippen molar-refractivity contribution in [3.8, 4) is 0 Å². The van der Waals surface area contributed by atoms with Gasteiger partial charge in [0.05, 0.1) is 11.4 Å². The third kappa shape index (κ3) is 4.18. The fourth-order valence-corrected chi connectivity index (χ4v) is 4.77. The summed E-state index contributed by atoms with van der Waals surface area (Å²) >= 11 is 0. The summed E-state index contributed by atoms with van der Waals surface area (Å²) in [6.07, 6.45) is 6.11. The molecule has 0 atom stereocenters. The first-order valence-corrected chi connectivity index (χ1v) is 11.0. The minimum atomic E-state index is -3.59. The number of aromatic nitrogens is 1. The Bertz CT molecular complexity index is 1090. The maximum Gasteiger partial charge on any atom is 0.240 e. The smallest absolute Gasteiger partial charge is 0.240 e. The first kappa shape index (κ1) is 18.9. The zero-order valence-electron chi connectivity index (χ0n) is 15.6. The zero-order chi connectivity index (χ0) is 19.6. The minimum absolute atomic E-state index is 0.182. The Labute approximate surface area is 165 Å². The summed E-state index contributed by atoms with van der Waals surface area (Å²) in [7, 11) is -3.59. The van der Waals surface area contributed by atoms with Crippen molar-refractivity contribution in [2.24, 2.45) is 0 Å². The van der Waals surface area contributed by atoms with Crippen LogP contribution in [0, 0.1) is 5.82 Å². The molecule has 0 spiro atoms. The van der Waals surface area contributed by atoms with Gasteiger partial charge in [0, 0.05) is 18.4 Å². The molecule has 1 aromatic heterocycles. The summed E-state index contributed by atoms with van der Waals surface area (Å²) in [5.74, 6) is -0.278. The van der Waals surface area contributed by atoms with Gasteiger partial charge in [-0.05, 0) is 78.8 Å². The van der Waals surface area contributed by atoms with Gasteiger partial charge in [0.2, 0.25) is 10.0 Å². The SMILES string of the molecule is O=S(=O)(NCc1cccn1Cc1cccc(F)c1)c1ccc2c(c1)CCCC2. The second-order valence-corrected chi connectivity index (χ2v) is 8.99. The lowest BCUT2D eigenvalue weighted by atomic mass is 9.92. The van der Waals surface area contributed by atoms with Gasteiger partial charge >= 0.3 is 0 Å². The van der Waals surface area contributed by atoms with Crippen LogP contribution in [0.1, 0.15) is 35.2 Å². The highest BCUT2D eigenvalue weighted by Crippen LogP contribution is 2.24. The van der Waals surface area contributed by atoms with Crippen molar-refractivity contribution in [2.75, 3.05) is 0 Å². The van der Waals surface area contributed by atoms with Gasteiger partial charge in [-0.3, -0.25) is 0 Å². The Morgan fingerprint density at radius 1 is 0.964 bits per heavy atom. The molecule has 0 aliphatic heterocycles. The molecule has 4 rings (SSSR count). The number of nitrogens with zero attached hydrogens (tertiary/aromatic N) is 1. The molecule has 1 N–H and O–H groups in total. The van der Waals surface area contributed by atoms with Crippen LogP contribution in [-0.4, -0.2) is 13.0 Å². The third-order valence-electron chi connectivity index (χ3n) is 5.24. The van der Waals surface area contributed by atoms with Gasteiger partial charge in [0.15, 0.2) is 0 Å². The molecule has 3 aromatic rings. The highest BCUT2D eigenvalue weighted by molar-refractivity contribution is 7.89. The molecule has 0 fully saturated rings. The van der Waals surface area contributed by atoms with Crippen LogP contribution in [0.3, 0.4) is 0 Å². The predicted octanol–water partition coefficient (Wildman–Crippen LogP) is 4.03. The molecule has 0 amide bonds. The second kappa shape index (κ2) is 7.89. The van der Waals surface area contributed by atoms with Crippen molar-refractivity contribution in [2.45, 2.75) is 43.7 Å². The van der Waals surface area contributed by atoms with Gasteiger partial charge in [-0.15, -0.1) is 0 Å². The van der Waals surface area contributed by atoms with E-state index in [0.29, 0.717) is 11.4 Å². The van der Waals surface area contributed by atoms with Gasteiger partial charge in [-0.25, -0.2) is 17.5 Å². The van der Waals surface area contributed by atoms with Crippen LogP contribution in [0.2, 0.25) is 0 Å². The Kier molecular flexibility index (Phi) is 5.33. The lowest BCUT2D eigenvalue weighted by Gasteiger charge is -2.17. The standard InChI is InChI=1S/C22H23FN2O2S/c23-20-8-3-5-17(13-20)16-25-12-4-9-21(25)15-24-28(26,27)22-11-10-18-6-1-2-7-19(18)14-22/h3-5,8-14,24H,1-2,6-7,15-16H2. The van der Waals surface area contributed by atoms with Gasteiger partial charge in [0.25, 0.3) is 0 Å². The normalized spacial score (nSPS) is 14.0. The van der Waals surface area contributed by atoms with E-state index >= 15 is 0 Å². The van der Waals surface area contributed by atoms with Crippen LogP contribution in [-0.2, 0) is 36.0 Å². The maximum atomic E-state index is 13.4. The predicted molar refractivity (Wildman–Crippen MR) is 107 cm³/mol. The zero-order valence-corrected chi connectivity index (χ0v) is 16.4. The van der Waals surface area contributed by atoms with Gasteiger partial charge in [-0.1, -0.05) is 18.2 Å². The van der Waals surface area contributed by atoms with Crippen molar-refractivity contribution in [3.63, 3.8) is 0 Å². The summed E-state index contributed by atoms with van der Waals surface area (Å²) in [5.41, 5.74) is 4.05. The molecule has 28 heavy (non-hydrogen) atoms. The monoisotopic (exact) mass is 398 g/mol. The molecule has 2 aromatic carbocycles. The Morgan fingerprint density at radius 3 is 2.61 bits per heavy atom. The van der Waals surface area contributed by atoms with Crippen molar-refractivity contribution in [1.29, 1.82) is 0 Å². The van der Waals surface area contributed by atoms with Crippen molar-refractivity contribution in [3.05, 3.63) is 89.0 Å². The van der Waals surface area contributed by atoms with E-state index in [0.717, 1.165) is 36.1 Å². The number of aryl methyl sites for hydroxylation is 2. The molecule has 6 heteroatoms. The van der Waals surface area contributed by atoms with Crippen LogP contribution in [0.15, 0.2) is 65.7 Å². The number of halogens is 1. The average molecular weight is 399 g/mol. The quantitative estimate of drug-likeness (QED) is 0.682. The summed E-state index contributed by atoms with van der Waals surface area (Å²) < 4.78 is 43.5. The summed E-state index contributed by atoms with van der Waals surface area (Å²) in [6, 6.07) is 15.6. The number of benzene rings is 2. The van der Waals surface area contributed by atoms with Crippen LogP contribution < -0.4 is 4.72 Å². The molecule has 1 aliphatic carbocycles. The number of hydrogen-bond acceptors (Lipinski definition) is 2. The highest BCUT2D eigenvalue weighted by atomic mass is 32.2. The van der Waals surface area contributed by atoms with E-state index in [2.05, 4.69) is 4.72 Å². The van der Waals surface area contributed by atoms with Gasteiger partial charge in [-0.2, -0.15) is 0 Å². The largest absolute Gasteiger partial charge is 0.346 e. The molecule has 1 aliphatic rings. The van der Waals surface area contributed by atoms with Gasteiger partial charge in [0.1, 0.15) is 5.82 Å². The van der Waals surface area contributed by atoms with Crippen LogP contribution in [0.4, 0.5) is 4.39 Å². The molecule has 0 radical (unpaired) electrons. The lowest BCUT2D eigenvalue weighted by molar-refractivity contribution is 0.577. The Hall–Kier alpha value is -2.44. The Balaban J connectivity index is 1.48. The van der Waals surface area contributed by atoms with E-state index in [1.807, 2.05) is 41.1 Å². The first-order chi connectivity index (χ1) is 13.5. The van der Waals surface area contributed by atoms with Crippen LogP contribution in [0.25, 0.3) is 0 Å². The number of rotatable bonds is 6. The molecule has 0 bridgehead atoms. The molecule has 0 unspecified atom stereocenters. The molecule has 4 nitrogen and oxygen atoms in total. The highest BCUT2D eigenvalue weighted by Gasteiger charge is 2.18. The maximum absolute atomic E-state index is 13.4. The molecule has 0 saturated carbocycles. The Morgan fingerprint density at radius 2 is 1.79 bits per heavy atom. The van der Waals surface area contributed by atoms with Crippen molar-refractivity contribution in [1.82, 2.24) is 9.29 Å². The third-order valence-corrected chi connectivity index (χ3v) is 6.64. The van der Waals surface area contributed by atoms with Crippen molar-refractivity contribution < 1.29 is 12.8 Å². The fourth-order valence-electron chi connectivity index (χ4n) is 3.73. The van der Waals surface area contributed by atoms with Crippen molar-refractivity contribution >= 4 is 10.0 Å². The van der Waals surface area contributed by atoms with E-state index in [9.17, 15) is 12.8 Å². The summed E-state index contributed by atoms with van der Waals surface area (Å²) in [6.45, 7) is 0.669. The fraction of sp³-hybridized carbons (Fsp3) is 0.273. The minimum Gasteiger partial charge on any atom is -0.346 e. The van der Waals surface area contributed by atoms with E-state index in [1.54, 1.807) is 12.1 Å². The average Bonchev–Trinajstić information content (AvgIpc) is 3.13. The number of sulfonamides is 1. The number of nitrogens with one attached hydrogen (secondary N) is 1. The second-order valence-electron chi connectivity index (χ2n) is 7.22. The number of fused-ring (bicyclic) bond motifs is 1. The van der Waals surface area contributed by atoms with E-state index < -0.39 is 10.0 Å². The van der Waals surface area contributed by atoms with Crippen LogP contribution >= 0.6 is 0 Å².